The molecule has 2 aliphatic carbocycles. The van der Waals surface area contributed by atoms with Crippen molar-refractivity contribution in [3.05, 3.63) is 11.1 Å². The molecular weight excluding hydrogens is 300 g/mol. The summed E-state index contributed by atoms with van der Waals surface area (Å²) in [7, 11) is 4.27. The lowest BCUT2D eigenvalue weighted by atomic mass is 9.54. The minimum absolute atomic E-state index is 0.221. The first-order valence-electron chi connectivity index (χ1n) is 8.21. The van der Waals surface area contributed by atoms with E-state index in [4.69, 9.17) is 18.9 Å². The van der Waals surface area contributed by atoms with Crippen molar-refractivity contribution in [2.45, 2.75) is 50.9 Å². The van der Waals surface area contributed by atoms with Crippen molar-refractivity contribution in [3.63, 3.8) is 0 Å². The Balaban J connectivity index is 2.14. The van der Waals surface area contributed by atoms with E-state index in [1.165, 1.54) is 14.2 Å². The van der Waals surface area contributed by atoms with Crippen LogP contribution in [0.3, 0.4) is 0 Å². The Labute approximate surface area is 136 Å². The molecule has 23 heavy (non-hydrogen) atoms. The lowest BCUT2D eigenvalue weighted by molar-refractivity contribution is -0.161. The molecule has 6 nitrogen and oxygen atoms in total. The zero-order valence-electron chi connectivity index (χ0n) is 13.9. The Bertz CT molecular complexity index is 539. The van der Waals surface area contributed by atoms with Crippen LogP contribution in [0.4, 0.5) is 0 Å². The van der Waals surface area contributed by atoms with Gasteiger partial charge in [-0.3, -0.25) is 4.79 Å². The highest BCUT2D eigenvalue weighted by atomic mass is 16.7. The van der Waals surface area contributed by atoms with Crippen molar-refractivity contribution >= 4 is 11.9 Å². The molecule has 0 amide bonds. The number of esters is 2. The number of hydrogen-bond donors (Lipinski definition) is 0. The van der Waals surface area contributed by atoms with Crippen LogP contribution in [0.25, 0.3) is 0 Å². The molecule has 0 aromatic heterocycles. The van der Waals surface area contributed by atoms with Gasteiger partial charge in [0.15, 0.2) is 6.29 Å². The molecule has 0 saturated carbocycles. The highest BCUT2D eigenvalue weighted by Gasteiger charge is 2.72. The van der Waals surface area contributed by atoms with Crippen LogP contribution in [-0.2, 0) is 28.5 Å². The topological polar surface area (TPSA) is 71.1 Å². The van der Waals surface area contributed by atoms with Crippen LogP contribution < -0.4 is 0 Å². The van der Waals surface area contributed by atoms with Gasteiger partial charge in [-0.05, 0) is 24.8 Å². The maximum Gasteiger partial charge on any atom is 0.335 e. The predicted molar refractivity (Wildman–Crippen MR) is 80.4 cm³/mol. The van der Waals surface area contributed by atoms with E-state index in [0.717, 1.165) is 44.1 Å². The van der Waals surface area contributed by atoms with Gasteiger partial charge in [-0.15, -0.1) is 0 Å². The van der Waals surface area contributed by atoms with Crippen LogP contribution in [-0.4, -0.2) is 45.7 Å². The van der Waals surface area contributed by atoms with E-state index in [-0.39, 0.29) is 5.92 Å². The lowest BCUT2D eigenvalue weighted by Crippen LogP contribution is -2.57. The average Bonchev–Trinajstić information content (AvgIpc) is 2.82. The van der Waals surface area contributed by atoms with Gasteiger partial charge >= 0.3 is 11.9 Å². The normalized spacial score (nSPS) is 36.2. The Hall–Kier alpha value is -1.40. The molecule has 128 valence electrons. The van der Waals surface area contributed by atoms with Gasteiger partial charge in [-0.25, -0.2) is 4.79 Å². The fourth-order valence-electron chi connectivity index (χ4n) is 4.54. The van der Waals surface area contributed by atoms with Crippen LogP contribution in [0.2, 0.25) is 0 Å². The van der Waals surface area contributed by atoms with Crippen molar-refractivity contribution in [2.24, 2.45) is 11.3 Å². The molecule has 1 heterocycles. The van der Waals surface area contributed by atoms with Crippen molar-refractivity contribution in [2.75, 3.05) is 21.3 Å². The quantitative estimate of drug-likeness (QED) is 0.739. The third kappa shape index (κ3) is 2.15. The first-order chi connectivity index (χ1) is 11.1. The van der Waals surface area contributed by atoms with Gasteiger partial charge in [0.1, 0.15) is 11.5 Å². The zero-order chi connectivity index (χ0) is 16.6. The fraction of sp³-hybridized carbons (Fsp3) is 0.765. The molecule has 0 N–H and O–H groups in total. The third-order valence-corrected chi connectivity index (χ3v) is 5.50. The van der Waals surface area contributed by atoms with Crippen molar-refractivity contribution in [1.29, 1.82) is 0 Å². The van der Waals surface area contributed by atoms with E-state index >= 15 is 0 Å². The molecule has 0 radical (unpaired) electrons. The summed E-state index contributed by atoms with van der Waals surface area (Å²) in [5.41, 5.74) is 0.256. The van der Waals surface area contributed by atoms with Crippen molar-refractivity contribution < 1.29 is 28.5 Å². The van der Waals surface area contributed by atoms with E-state index in [1.807, 2.05) is 0 Å². The number of methoxy groups -OCH3 is 3. The molecule has 1 saturated heterocycles. The Morgan fingerprint density at radius 1 is 1.09 bits per heavy atom. The Morgan fingerprint density at radius 2 is 1.83 bits per heavy atom. The summed E-state index contributed by atoms with van der Waals surface area (Å²) < 4.78 is 21.6. The number of fused-ring (bicyclic) bond motifs is 1. The number of ether oxygens (including phenoxy) is 4. The van der Waals surface area contributed by atoms with E-state index in [9.17, 15) is 9.59 Å². The lowest BCUT2D eigenvalue weighted by Gasteiger charge is -2.46. The van der Waals surface area contributed by atoms with E-state index in [0.29, 0.717) is 5.57 Å². The maximum atomic E-state index is 12.7. The number of carbonyl (C=O) groups is 2. The number of hydrogen-bond acceptors (Lipinski definition) is 6. The summed E-state index contributed by atoms with van der Waals surface area (Å²) in [4.78, 5) is 25.2. The third-order valence-electron chi connectivity index (χ3n) is 5.50. The highest BCUT2D eigenvalue weighted by Crippen LogP contribution is 2.63. The highest BCUT2D eigenvalue weighted by molar-refractivity contribution is 6.03. The average molecular weight is 324 g/mol. The second-order valence-corrected chi connectivity index (χ2v) is 6.43. The zero-order valence-corrected chi connectivity index (χ0v) is 13.9. The minimum Gasteiger partial charge on any atom is -0.468 e. The molecular formula is C17H24O6. The summed E-state index contributed by atoms with van der Waals surface area (Å²) in [6, 6.07) is 0. The summed E-state index contributed by atoms with van der Waals surface area (Å²) in [5, 5.41) is 0. The molecule has 0 unspecified atom stereocenters. The predicted octanol–water partition coefficient (Wildman–Crippen LogP) is 1.97. The van der Waals surface area contributed by atoms with Crippen molar-refractivity contribution in [1.82, 2.24) is 0 Å². The van der Waals surface area contributed by atoms with Crippen LogP contribution in [0, 0.1) is 11.3 Å². The Morgan fingerprint density at radius 3 is 2.48 bits per heavy atom. The number of rotatable bonds is 3. The molecule has 4 atom stereocenters. The Kier molecular flexibility index (Phi) is 4.47. The molecule has 0 spiro atoms. The maximum absolute atomic E-state index is 12.7. The molecule has 3 rings (SSSR count). The first kappa shape index (κ1) is 16.5. The molecule has 0 aromatic rings. The van der Waals surface area contributed by atoms with Gasteiger partial charge < -0.3 is 18.9 Å². The van der Waals surface area contributed by atoms with E-state index in [1.54, 1.807) is 7.11 Å². The molecule has 3 aliphatic rings. The van der Waals surface area contributed by atoms with Crippen LogP contribution in [0.1, 0.15) is 38.5 Å². The van der Waals surface area contributed by atoms with Gasteiger partial charge in [-0.1, -0.05) is 19.3 Å². The SMILES string of the molecule is COC(=O)C1=C2CCCCCC[C@H]3[C@H](OC)O[C@@H]2[C@@]13C(=O)OC. The largest absolute Gasteiger partial charge is 0.468 e. The van der Waals surface area contributed by atoms with E-state index < -0.39 is 29.7 Å². The second-order valence-electron chi connectivity index (χ2n) is 6.43. The second kappa shape index (κ2) is 6.24. The first-order valence-corrected chi connectivity index (χ1v) is 8.21. The van der Waals surface area contributed by atoms with Crippen LogP contribution >= 0.6 is 0 Å². The smallest absolute Gasteiger partial charge is 0.335 e. The van der Waals surface area contributed by atoms with Crippen LogP contribution in [0.5, 0.6) is 0 Å². The van der Waals surface area contributed by atoms with Gasteiger partial charge in [0.05, 0.1) is 19.8 Å². The standard InChI is InChI=1S/C17H24O6/c1-20-14(18)12-10-8-6-4-5-7-9-11-15(21-2)23-13(10)17(11,12)16(19)22-3/h11,13,15H,4-9H2,1-3H3/t11-,13-,15+,17-/m0/s1. The summed E-state index contributed by atoms with van der Waals surface area (Å²) in [6.07, 6.45) is 4.75. The summed E-state index contributed by atoms with van der Waals surface area (Å²) >= 11 is 0. The molecule has 2 bridgehead atoms. The van der Waals surface area contributed by atoms with Gasteiger partial charge in [0.25, 0.3) is 0 Å². The van der Waals surface area contributed by atoms with E-state index in [2.05, 4.69) is 0 Å². The fourth-order valence-corrected chi connectivity index (χ4v) is 4.54. The van der Waals surface area contributed by atoms with Crippen LogP contribution in [0.15, 0.2) is 11.1 Å². The van der Waals surface area contributed by atoms with Gasteiger partial charge in [0.2, 0.25) is 0 Å². The molecule has 0 aromatic carbocycles. The molecule has 1 aliphatic heterocycles. The van der Waals surface area contributed by atoms with Crippen molar-refractivity contribution in [3.8, 4) is 0 Å². The van der Waals surface area contributed by atoms with Gasteiger partial charge in [-0.2, -0.15) is 0 Å². The number of carbonyl (C=O) groups excluding carboxylic acids is 2. The van der Waals surface area contributed by atoms with Gasteiger partial charge in [0, 0.05) is 13.0 Å². The molecule has 1 fully saturated rings. The summed E-state index contributed by atoms with van der Waals surface area (Å²) in [6.45, 7) is 0. The minimum atomic E-state index is -1.07. The molecule has 6 heteroatoms. The monoisotopic (exact) mass is 324 g/mol. The summed E-state index contributed by atoms with van der Waals surface area (Å²) in [5.74, 6) is -1.09.